The molecule has 0 spiro atoms. The average molecular weight is 407 g/mol. The quantitative estimate of drug-likeness (QED) is 0.559. The molecule has 0 saturated carbocycles. The lowest BCUT2D eigenvalue weighted by Crippen LogP contribution is -2.48. The number of hydrogen-bond acceptors (Lipinski definition) is 3. The Morgan fingerprint density at radius 1 is 1.00 bits per heavy atom. The molecule has 5 heteroatoms. The number of fused-ring (bicyclic) bond motifs is 1. The van der Waals surface area contributed by atoms with E-state index in [4.69, 9.17) is 4.74 Å². The van der Waals surface area contributed by atoms with E-state index >= 15 is 0 Å². The van der Waals surface area contributed by atoms with Gasteiger partial charge in [0.25, 0.3) is 0 Å². The standard InChI is InChI=1S/C25H30N2O3/c1-19(2)27(25(29)26-16-15-20-9-4-3-5-10-20)17-22(28)18-30-24-14-8-12-21-11-6-7-13-23(21)24/h3-14,19,22,28H,15-18H2,1-2H3,(H,26,29)/t22-/m0/s1. The highest BCUT2D eigenvalue weighted by Crippen LogP contribution is 2.25. The van der Waals surface area contributed by atoms with Gasteiger partial charge in [0.05, 0.1) is 6.54 Å². The average Bonchev–Trinajstić information content (AvgIpc) is 2.76. The van der Waals surface area contributed by atoms with Crippen molar-refractivity contribution in [1.82, 2.24) is 10.2 Å². The molecule has 158 valence electrons. The molecule has 2 amide bonds. The topological polar surface area (TPSA) is 61.8 Å². The van der Waals surface area contributed by atoms with Crippen LogP contribution in [0.1, 0.15) is 19.4 Å². The summed E-state index contributed by atoms with van der Waals surface area (Å²) in [5.41, 5.74) is 1.18. The van der Waals surface area contributed by atoms with Gasteiger partial charge >= 0.3 is 6.03 Å². The molecule has 3 aromatic rings. The van der Waals surface area contributed by atoms with Crippen molar-refractivity contribution in [3.05, 3.63) is 78.4 Å². The summed E-state index contributed by atoms with van der Waals surface area (Å²) < 4.78 is 5.87. The van der Waals surface area contributed by atoms with Crippen molar-refractivity contribution >= 4 is 16.8 Å². The van der Waals surface area contributed by atoms with Crippen molar-refractivity contribution in [3.8, 4) is 5.75 Å². The molecule has 30 heavy (non-hydrogen) atoms. The van der Waals surface area contributed by atoms with E-state index in [9.17, 15) is 9.90 Å². The largest absolute Gasteiger partial charge is 0.490 e. The van der Waals surface area contributed by atoms with Crippen LogP contribution in [-0.4, -0.2) is 47.9 Å². The van der Waals surface area contributed by atoms with E-state index in [0.717, 1.165) is 22.9 Å². The molecule has 0 bridgehead atoms. The van der Waals surface area contributed by atoms with Crippen LogP contribution in [0.4, 0.5) is 4.79 Å². The predicted octanol–water partition coefficient (Wildman–Crippen LogP) is 4.24. The molecule has 2 N–H and O–H groups in total. The molecule has 0 unspecified atom stereocenters. The first-order valence-corrected chi connectivity index (χ1v) is 10.4. The maximum atomic E-state index is 12.6. The van der Waals surface area contributed by atoms with E-state index in [1.807, 2.05) is 86.6 Å². The van der Waals surface area contributed by atoms with E-state index in [0.29, 0.717) is 6.54 Å². The van der Waals surface area contributed by atoms with Crippen molar-refractivity contribution in [2.45, 2.75) is 32.4 Å². The van der Waals surface area contributed by atoms with Crippen LogP contribution >= 0.6 is 0 Å². The number of aliphatic hydroxyl groups is 1. The summed E-state index contributed by atoms with van der Waals surface area (Å²) in [6.07, 6.45) is -0.0168. The highest BCUT2D eigenvalue weighted by Gasteiger charge is 2.20. The van der Waals surface area contributed by atoms with Crippen LogP contribution in [-0.2, 0) is 6.42 Å². The van der Waals surface area contributed by atoms with E-state index < -0.39 is 6.10 Å². The minimum atomic E-state index is -0.786. The van der Waals surface area contributed by atoms with Gasteiger partial charge in [-0.05, 0) is 37.3 Å². The second-order valence-electron chi connectivity index (χ2n) is 7.66. The van der Waals surface area contributed by atoms with Gasteiger partial charge in [-0.15, -0.1) is 0 Å². The molecule has 3 rings (SSSR count). The summed E-state index contributed by atoms with van der Waals surface area (Å²) in [6, 6.07) is 23.7. The van der Waals surface area contributed by atoms with E-state index in [2.05, 4.69) is 5.32 Å². The molecule has 0 fully saturated rings. The Bertz CT molecular complexity index is 938. The Balaban J connectivity index is 1.51. The van der Waals surface area contributed by atoms with Crippen LogP contribution < -0.4 is 10.1 Å². The predicted molar refractivity (Wildman–Crippen MR) is 121 cm³/mol. The second kappa shape index (κ2) is 10.6. The number of nitrogens with zero attached hydrogens (tertiary/aromatic N) is 1. The van der Waals surface area contributed by atoms with Crippen molar-refractivity contribution in [1.29, 1.82) is 0 Å². The Hall–Kier alpha value is -3.05. The fourth-order valence-corrected chi connectivity index (χ4v) is 3.38. The van der Waals surface area contributed by atoms with Gasteiger partial charge in [0, 0.05) is 18.0 Å². The van der Waals surface area contributed by atoms with Gasteiger partial charge in [-0.2, -0.15) is 0 Å². The van der Waals surface area contributed by atoms with Gasteiger partial charge in [-0.25, -0.2) is 4.79 Å². The first kappa shape index (κ1) is 21.7. The third-order valence-electron chi connectivity index (χ3n) is 5.01. The Morgan fingerprint density at radius 3 is 2.47 bits per heavy atom. The van der Waals surface area contributed by atoms with Crippen LogP contribution in [0.25, 0.3) is 10.8 Å². The molecule has 1 atom stereocenters. The number of carbonyl (C=O) groups is 1. The maximum absolute atomic E-state index is 12.6. The second-order valence-corrected chi connectivity index (χ2v) is 7.66. The summed E-state index contributed by atoms with van der Waals surface area (Å²) in [7, 11) is 0. The summed E-state index contributed by atoms with van der Waals surface area (Å²) in [6.45, 7) is 4.76. The third kappa shape index (κ3) is 5.97. The molecule has 0 aliphatic carbocycles. The first-order valence-electron chi connectivity index (χ1n) is 10.4. The fraction of sp³-hybridized carbons (Fsp3) is 0.320. The molecule has 5 nitrogen and oxygen atoms in total. The zero-order valence-corrected chi connectivity index (χ0v) is 17.6. The summed E-state index contributed by atoms with van der Waals surface area (Å²) in [4.78, 5) is 14.3. The number of ether oxygens (including phenoxy) is 1. The van der Waals surface area contributed by atoms with Crippen LogP contribution in [0, 0.1) is 0 Å². The third-order valence-corrected chi connectivity index (χ3v) is 5.01. The van der Waals surface area contributed by atoms with Crippen LogP contribution in [0.15, 0.2) is 72.8 Å². The maximum Gasteiger partial charge on any atom is 0.317 e. The van der Waals surface area contributed by atoms with E-state index in [-0.39, 0.29) is 25.2 Å². The van der Waals surface area contributed by atoms with Gasteiger partial charge in [-0.1, -0.05) is 66.7 Å². The summed E-state index contributed by atoms with van der Waals surface area (Å²) in [5, 5.41) is 15.6. The van der Waals surface area contributed by atoms with E-state index in [1.165, 1.54) is 5.56 Å². The van der Waals surface area contributed by atoms with E-state index in [1.54, 1.807) is 4.90 Å². The van der Waals surface area contributed by atoms with Gasteiger partial charge in [0.2, 0.25) is 0 Å². The first-order chi connectivity index (χ1) is 14.5. The molecule has 0 saturated heterocycles. The van der Waals surface area contributed by atoms with Gasteiger partial charge < -0.3 is 20.1 Å². The van der Waals surface area contributed by atoms with Crippen LogP contribution in [0.3, 0.4) is 0 Å². The highest BCUT2D eigenvalue weighted by molar-refractivity contribution is 5.88. The number of rotatable bonds is 9. The smallest absolute Gasteiger partial charge is 0.317 e. The number of hydrogen-bond donors (Lipinski definition) is 2. The highest BCUT2D eigenvalue weighted by atomic mass is 16.5. The number of aliphatic hydroxyl groups excluding tert-OH is 1. The van der Waals surface area contributed by atoms with Crippen molar-refractivity contribution in [2.24, 2.45) is 0 Å². The van der Waals surface area contributed by atoms with Crippen molar-refractivity contribution in [3.63, 3.8) is 0 Å². The zero-order chi connectivity index (χ0) is 21.3. The number of amides is 2. The molecule has 0 aromatic heterocycles. The SMILES string of the molecule is CC(C)N(C[C@H](O)COc1cccc2ccccc12)C(=O)NCCc1ccccc1. The number of urea groups is 1. The number of carbonyl (C=O) groups excluding carboxylic acids is 1. The Morgan fingerprint density at radius 2 is 1.70 bits per heavy atom. The van der Waals surface area contributed by atoms with Crippen molar-refractivity contribution < 1.29 is 14.6 Å². The normalized spacial score (nSPS) is 12.0. The zero-order valence-electron chi connectivity index (χ0n) is 17.6. The number of nitrogens with one attached hydrogen (secondary N) is 1. The number of benzene rings is 3. The van der Waals surface area contributed by atoms with Gasteiger partial charge in [0.1, 0.15) is 18.5 Å². The molecule has 0 aliphatic heterocycles. The molecule has 3 aromatic carbocycles. The van der Waals surface area contributed by atoms with Crippen LogP contribution in [0.5, 0.6) is 5.75 Å². The lowest BCUT2D eigenvalue weighted by Gasteiger charge is -2.29. The molecular weight excluding hydrogens is 376 g/mol. The minimum Gasteiger partial charge on any atom is -0.490 e. The Labute approximate surface area is 178 Å². The molecule has 0 aliphatic rings. The van der Waals surface area contributed by atoms with Crippen molar-refractivity contribution in [2.75, 3.05) is 19.7 Å². The van der Waals surface area contributed by atoms with Gasteiger partial charge in [-0.3, -0.25) is 0 Å². The summed E-state index contributed by atoms with van der Waals surface area (Å²) >= 11 is 0. The minimum absolute atomic E-state index is 0.0334. The molecular formula is C25H30N2O3. The lowest BCUT2D eigenvalue weighted by molar-refractivity contribution is 0.0695. The monoisotopic (exact) mass is 406 g/mol. The Kier molecular flexibility index (Phi) is 7.69. The molecule has 0 heterocycles. The van der Waals surface area contributed by atoms with Crippen LogP contribution in [0.2, 0.25) is 0 Å². The molecule has 0 radical (unpaired) electrons. The summed E-state index contributed by atoms with van der Waals surface area (Å²) in [5.74, 6) is 0.732. The lowest BCUT2D eigenvalue weighted by atomic mass is 10.1. The van der Waals surface area contributed by atoms with Gasteiger partial charge in [0.15, 0.2) is 0 Å². The fourth-order valence-electron chi connectivity index (χ4n) is 3.38.